The SMILES string of the molecule is Cc1cc(Cl)cc(Nc2ccccc2C(=O)Nc2ccc(N3CCNC(C)(C)C3)c(Br)c2)c1. The molecule has 7 heteroatoms. The average molecular weight is 528 g/mol. The van der Waals surface area contributed by atoms with Crippen LogP contribution in [0.15, 0.2) is 65.1 Å². The van der Waals surface area contributed by atoms with Crippen LogP contribution in [0.1, 0.15) is 29.8 Å². The van der Waals surface area contributed by atoms with E-state index in [2.05, 4.69) is 56.7 Å². The van der Waals surface area contributed by atoms with Crippen LogP contribution in [0.5, 0.6) is 0 Å². The zero-order valence-corrected chi connectivity index (χ0v) is 21.3. The number of piperazine rings is 1. The lowest BCUT2D eigenvalue weighted by Crippen LogP contribution is -2.57. The van der Waals surface area contributed by atoms with E-state index in [1.54, 1.807) is 6.07 Å². The van der Waals surface area contributed by atoms with Gasteiger partial charge in [0.15, 0.2) is 0 Å². The van der Waals surface area contributed by atoms with Crippen molar-refractivity contribution < 1.29 is 4.79 Å². The molecule has 3 aromatic rings. The van der Waals surface area contributed by atoms with E-state index in [1.807, 2.05) is 55.5 Å². The first-order valence-corrected chi connectivity index (χ1v) is 12.1. The summed E-state index contributed by atoms with van der Waals surface area (Å²) in [7, 11) is 0. The molecule has 0 unspecified atom stereocenters. The maximum Gasteiger partial charge on any atom is 0.257 e. The molecule has 0 radical (unpaired) electrons. The molecule has 1 heterocycles. The molecule has 1 saturated heterocycles. The summed E-state index contributed by atoms with van der Waals surface area (Å²) < 4.78 is 0.957. The number of para-hydroxylation sites is 1. The largest absolute Gasteiger partial charge is 0.368 e. The van der Waals surface area contributed by atoms with Crippen molar-refractivity contribution in [1.82, 2.24) is 5.32 Å². The monoisotopic (exact) mass is 526 g/mol. The Morgan fingerprint density at radius 3 is 2.61 bits per heavy atom. The van der Waals surface area contributed by atoms with Crippen LogP contribution >= 0.6 is 27.5 Å². The van der Waals surface area contributed by atoms with E-state index in [0.29, 0.717) is 10.6 Å². The molecular formula is C26H28BrClN4O. The number of benzene rings is 3. The molecule has 0 aromatic heterocycles. The van der Waals surface area contributed by atoms with Crippen molar-refractivity contribution in [3.05, 3.63) is 81.3 Å². The number of carbonyl (C=O) groups excluding carboxylic acids is 1. The van der Waals surface area contributed by atoms with Gasteiger partial charge in [-0.2, -0.15) is 0 Å². The van der Waals surface area contributed by atoms with E-state index in [-0.39, 0.29) is 11.4 Å². The fourth-order valence-electron chi connectivity index (χ4n) is 4.14. The second-order valence-corrected chi connectivity index (χ2v) is 10.3. The minimum absolute atomic E-state index is 0.0583. The van der Waals surface area contributed by atoms with Crippen LogP contribution in [0.4, 0.5) is 22.7 Å². The second-order valence-electron chi connectivity index (χ2n) is 9.04. The zero-order chi connectivity index (χ0) is 23.6. The fraction of sp³-hybridized carbons (Fsp3) is 0.269. The van der Waals surface area contributed by atoms with Gasteiger partial charge in [0.1, 0.15) is 0 Å². The minimum Gasteiger partial charge on any atom is -0.368 e. The number of hydrogen-bond acceptors (Lipinski definition) is 4. The van der Waals surface area contributed by atoms with Crippen LogP contribution in [-0.2, 0) is 0 Å². The van der Waals surface area contributed by atoms with Gasteiger partial charge in [-0.1, -0.05) is 23.7 Å². The van der Waals surface area contributed by atoms with Crippen LogP contribution in [0.3, 0.4) is 0 Å². The van der Waals surface area contributed by atoms with Crippen molar-refractivity contribution in [3.63, 3.8) is 0 Å². The Hall–Kier alpha value is -2.54. The highest BCUT2D eigenvalue weighted by molar-refractivity contribution is 9.10. The van der Waals surface area contributed by atoms with Crippen molar-refractivity contribution in [3.8, 4) is 0 Å². The highest BCUT2D eigenvalue weighted by Crippen LogP contribution is 2.32. The number of nitrogens with one attached hydrogen (secondary N) is 3. The summed E-state index contributed by atoms with van der Waals surface area (Å²) in [5.74, 6) is -0.181. The van der Waals surface area contributed by atoms with Gasteiger partial charge in [0, 0.05) is 46.0 Å². The molecule has 5 nitrogen and oxygen atoms in total. The smallest absolute Gasteiger partial charge is 0.257 e. The molecule has 172 valence electrons. The maximum absolute atomic E-state index is 13.1. The van der Waals surface area contributed by atoms with Gasteiger partial charge in [0.2, 0.25) is 0 Å². The molecule has 33 heavy (non-hydrogen) atoms. The molecule has 0 saturated carbocycles. The van der Waals surface area contributed by atoms with Gasteiger partial charge in [-0.05, 0) is 90.8 Å². The minimum atomic E-state index is -0.181. The Balaban J connectivity index is 1.51. The van der Waals surface area contributed by atoms with Crippen molar-refractivity contribution in [2.24, 2.45) is 0 Å². The number of anilines is 4. The molecule has 1 aliphatic heterocycles. The standard InChI is InChI=1S/C26H28BrClN4O/c1-17-12-18(28)14-20(13-17)30-23-7-5-4-6-21(23)25(33)31-19-8-9-24(22(27)15-19)32-11-10-29-26(2,3)16-32/h4-9,12-15,29-30H,10-11,16H2,1-3H3,(H,31,33). The van der Waals surface area contributed by atoms with Crippen LogP contribution in [0.25, 0.3) is 0 Å². The van der Waals surface area contributed by atoms with Crippen molar-refractivity contribution in [2.45, 2.75) is 26.3 Å². The highest BCUT2D eigenvalue weighted by Gasteiger charge is 2.26. The van der Waals surface area contributed by atoms with Gasteiger partial charge in [-0.25, -0.2) is 0 Å². The molecule has 1 aliphatic rings. The molecule has 3 N–H and O–H groups in total. The Bertz CT molecular complexity index is 1160. The number of amides is 1. The van der Waals surface area contributed by atoms with Crippen LogP contribution in [0.2, 0.25) is 5.02 Å². The summed E-state index contributed by atoms with van der Waals surface area (Å²) in [5.41, 5.74) is 5.08. The lowest BCUT2D eigenvalue weighted by atomic mass is 10.0. The number of rotatable bonds is 5. The molecule has 0 spiro atoms. The quantitative estimate of drug-likeness (QED) is 0.350. The van der Waals surface area contributed by atoms with Gasteiger partial charge < -0.3 is 20.9 Å². The van der Waals surface area contributed by atoms with Crippen molar-refractivity contribution in [2.75, 3.05) is 35.2 Å². The predicted octanol–water partition coefficient (Wildman–Crippen LogP) is 6.60. The van der Waals surface area contributed by atoms with Crippen LogP contribution in [0, 0.1) is 6.92 Å². The van der Waals surface area contributed by atoms with Gasteiger partial charge in [0.25, 0.3) is 5.91 Å². The number of carbonyl (C=O) groups is 1. The molecule has 3 aromatic carbocycles. The van der Waals surface area contributed by atoms with Gasteiger partial charge >= 0.3 is 0 Å². The molecule has 0 atom stereocenters. The van der Waals surface area contributed by atoms with E-state index in [1.165, 1.54) is 0 Å². The summed E-state index contributed by atoms with van der Waals surface area (Å²) in [6.07, 6.45) is 0. The molecule has 1 fully saturated rings. The second kappa shape index (κ2) is 9.75. The summed E-state index contributed by atoms with van der Waals surface area (Å²) >= 11 is 9.90. The maximum atomic E-state index is 13.1. The van der Waals surface area contributed by atoms with Crippen LogP contribution in [-0.4, -0.2) is 31.1 Å². The Morgan fingerprint density at radius 2 is 1.88 bits per heavy atom. The van der Waals surface area contributed by atoms with E-state index in [0.717, 1.165) is 52.4 Å². The predicted molar refractivity (Wildman–Crippen MR) is 142 cm³/mol. The summed E-state index contributed by atoms with van der Waals surface area (Å²) in [4.78, 5) is 15.5. The molecule has 4 rings (SSSR count). The number of hydrogen-bond donors (Lipinski definition) is 3. The Labute approximate surface area is 208 Å². The van der Waals surface area contributed by atoms with Gasteiger partial charge in [-0.3, -0.25) is 4.79 Å². The molecule has 1 amide bonds. The summed E-state index contributed by atoms with van der Waals surface area (Å²) in [5, 5.41) is 10.5. The van der Waals surface area contributed by atoms with Crippen LogP contribution < -0.4 is 20.9 Å². The first kappa shape index (κ1) is 23.6. The first-order chi connectivity index (χ1) is 15.7. The fourth-order valence-corrected chi connectivity index (χ4v) is 5.06. The third kappa shape index (κ3) is 5.88. The van der Waals surface area contributed by atoms with E-state index >= 15 is 0 Å². The topological polar surface area (TPSA) is 56.4 Å². The van der Waals surface area contributed by atoms with E-state index in [4.69, 9.17) is 11.6 Å². The van der Waals surface area contributed by atoms with Gasteiger partial charge in [0.05, 0.1) is 16.9 Å². The zero-order valence-electron chi connectivity index (χ0n) is 19.0. The van der Waals surface area contributed by atoms with E-state index in [9.17, 15) is 4.79 Å². The first-order valence-electron chi connectivity index (χ1n) is 10.9. The van der Waals surface area contributed by atoms with Crippen molar-refractivity contribution in [1.29, 1.82) is 0 Å². The summed E-state index contributed by atoms with van der Waals surface area (Å²) in [6.45, 7) is 9.19. The third-order valence-electron chi connectivity index (χ3n) is 5.61. The highest BCUT2D eigenvalue weighted by atomic mass is 79.9. The average Bonchev–Trinajstić information content (AvgIpc) is 2.72. The normalized spacial score (nSPS) is 15.2. The number of aryl methyl sites for hydroxylation is 1. The Morgan fingerprint density at radius 1 is 1.09 bits per heavy atom. The lowest BCUT2D eigenvalue weighted by molar-refractivity contribution is 0.102. The lowest BCUT2D eigenvalue weighted by Gasteiger charge is -2.40. The van der Waals surface area contributed by atoms with E-state index < -0.39 is 0 Å². The number of nitrogens with zero attached hydrogens (tertiary/aromatic N) is 1. The molecular weight excluding hydrogens is 500 g/mol. The Kier molecular flexibility index (Phi) is 6.98. The van der Waals surface area contributed by atoms with Crippen molar-refractivity contribution >= 4 is 56.2 Å². The number of halogens is 2. The summed E-state index contributed by atoms with van der Waals surface area (Å²) in [6, 6.07) is 19.1. The molecule has 0 aliphatic carbocycles. The van der Waals surface area contributed by atoms with Gasteiger partial charge in [-0.15, -0.1) is 0 Å². The third-order valence-corrected chi connectivity index (χ3v) is 6.46. The molecule has 0 bridgehead atoms.